The number of benzene rings is 1. The van der Waals surface area contributed by atoms with Gasteiger partial charge in [0.05, 0.1) is 12.1 Å². The summed E-state index contributed by atoms with van der Waals surface area (Å²) >= 11 is 0. The number of rotatable bonds is 4. The second kappa shape index (κ2) is 6.39. The van der Waals surface area contributed by atoms with Gasteiger partial charge in [-0.1, -0.05) is 0 Å². The van der Waals surface area contributed by atoms with E-state index >= 15 is 0 Å². The third-order valence-corrected chi connectivity index (χ3v) is 2.41. The molecule has 0 atom stereocenters. The number of anilines is 1. The van der Waals surface area contributed by atoms with Crippen LogP contribution in [0, 0.1) is 6.92 Å². The van der Waals surface area contributed by atoms with Crippen molar-refractivity contribution in [3.63, 3.8) is 0 Å². The maximum Gasteiger partial charge on any atom is 0.335 e. The van der Waals surface area contributed by atoms with Crippen LogP contribution in [0.2, 0.25) is 0 Å². The minimum atomic E-state index is -1.03. The molecule has 0 aliphatic heterocycles. The van der Waals surface area contributed by atoms with Crippen molar-refractivity contribution in [2.45, 2.75) is 6.92 Å². The van der Waals surface area contributed by atoms with Crippen LogP contribution in [0.4, 0.5) is 10.5 Å². The number of amides is 3. The van der Waals surface area contributed by atoms with E-state index in [1.807, 2.05) is 0 Å². The van der Waals surface area contributed by atoms with Gasteiger partial charge in [0.15, 0.2) is 0 Å². The van der Waals surface area contributed by atoms with E-state index in [9.17, 15) is 14.4 Å². The van der Waals surface area contributed by atoms with Crippen LogP contribution < -0.4 is 16.0 Å². The van der Waals surface area contributed by atoms with Crippen molar-refractivity contribution < 1.29 is 19.5 Å². The van der Waals surface area contributed by atoms with E-state index in [4.69, 9.17) is 5.11 Å². The summed E-state index contributed by atoms with van der Waals surface area (Å²) in [7, 11) is 1.47. The highest BCUT2D eigenvalue weighted by Gasteiger charge is 2.08. The van der Waals surface area contributed by atoms with Crippen molar-refractivity contribution in [3.05, 3.63) is 29.3 Å². The van der Waals surface area contributed by atoms with Crippen molar-refractivity contribution in [2.75, 3.05) is 18.9 Å². The zero-order chi connectivity index (χ0) is 14.4. The van der Waals surface area contributed by atoms with Crippen LogP contribution >= 0.6 is 0 Å². The van der Waals surface area contributed by atoms with Gasteiger partial charge in [0.25, 0.3) is 0 Å². The molecule has 0 saturated carbocycles. The first-order valence-corrected chi connectivity index (χ1v) is 5.53. The molecule has 0 heterocycles. The molecule has 1 rings (SSSR count). The van der Waals surface area contributed by atoms with Gasteiger partial charge in [-0.3, -0.25) is 4.79 Å². The van der Waals surface area contributed by atoms with Gasteiger partial charge in [-0.05, 0) is 30.7 Å². The van der Waals surface area contributed by atoms with Gasteiger partial charge in [-0.2, -0.15) is 0 Å². The van der Waals surface area contributed by atoms with Gasteiger partial charge in [0.2, 0.25) is 5.91 Å². The zero-order valence-corrected chi connectivity index (χ0v) is 10.6. The number of nitrogens with one attached hydrogen (secondary N) is 3. The Hall–Kier alpha value is -2.57. The average Bonchev–Trinajstić information content (AvgIpc) is 2.38. The second-order valence-electron chi connectivity index (χ2n) is 3.82. The third-order valence-electron chi connectivity index (χ3n) is 2.41. The normalized spacial score (nSPS) is 9.58. The van der Waals surface area contributed by atoms with Crippen molar-refractivity contribution in [1.82, 2.24) is 10.6 Å². The highest BCUT2D eigenvalue weighted by molar-refractivity contribution is 5.94. The molecule has 0 unspecified atom stereocenters. The van der Waals surface area contributed by atoms with E-state index < -0.39 is 12.0 Å². The molecule has 0 saturated heterocycles. The lowest BCUT2D eigenvalue weighted by Crippen LogP contribution is -2.37. The standard InChI is InChI=1S/C12H15N3O4/c1-7-5-8(11(17)18)3-4-9(7)15-12(19)14-6-10(16)13-2/h3-5H,6H2,1-2H3,(H,13,16)(H,17,18)(H2,14,15,19). The number of carboxylic acids is 1. The van der Waals surface area contributed by atoms with Crippen LogP contribution in [0.15, 0.2) is 18.2 Å². The summed E-state index contributed by atoms with van der Waals surface area (Å²) in [6, 6.07) is 3.81. The quantitative estimate of drug-likeness (QED) is 0.638. The number of carbonyl (C=O) groups is 3. The summed E-state index contributed by atoms with van der Waals surface area (Å²) in [4.78, 5) is 33.2. The summed E-state index contributed by atoms with van der Waals surface area (Å²) in [5.41, 5.74) is 1.25. The van der Waals surface area contributed by atoms with Crippen LogP contribution in [-0.4, -0.2) is 36.6 Å². The van der Waals surface area contributed by atoms with Crippen molar-refractivity contribution in [3.8, 4) is 0 Å². The molecule has 0 spiro atoms. The Labute approximate surface area is 110 Å². The Kier molecular flexibility index (Phi) is 4.87. The predicted octanol–water partition coefficient (Wildman–Crippen LogP) is 0.561. The summed E-state index contributed by atoms with van der Waals surface area (Å²) in [5.74, 6) is -1.34. The molecule has 1 aromatic rings. The number of urea groups is 1. The fourth-order valence-electron chi connectivity index (χ4n) is 1.35. The van der Waals surface area contributed by atoms with Crippen LogP contribution in [0.1, 0.15) is 15.9 Å². The predicted molar refractivity (Wildman–Crippen MR) is 69.2 cm³/mol. The molecule has 0 aliphatic carbocycles. The number of hydrogen-bond donors (Lipinski definition) is 4. The summed E-state index contributed by atoms with van der Waals surface area (Å²) in [5, 5.41) is 16.1. The van der Waals surface area contributed by atoms with Gasteiger partial charge in [-0.15, -0.1) is 0 Å². The summed E-state index contributed by atoms with van der Waals surface area (Å²) in [6.45, 7) is 1.55. The molecular formula is C12H15N3O4. The van der Waals surface area contributed by atoms with Crippen LogP contribution in [0.5, 0.6) is 0 Å². The second-order valence-corrected chi connectivity index (χ2v) is 3.82. The molecule has 19 heavy (non-hydrogen) atoms. The van der Waals surface area contributed by atoms with E-state index in [1.165, 1.54) is 25.2 Å². The molecule has 1 aromatic carbocycles. The van der Waals surface area contributed by atoms with E-state index in [0.29, 0.717) is 11.3 Å². The zero-order valence-electron chi connectivity index (χ0n) is 10.6. The lowest BCUT2D eigenvalue weighted by atomic mass is 10.1. The highest BCUT2D eigenvalue weighted by Crippen LogP contribution is 2.16. The monoisotopic (exact) mass is 265 g/mol. The summed E-state index contributed by atoms with van der Waals surface area (Å²) in [6.07, 6.45) is 0. The smallest absolute Gasteiger partial charge is 0.335 e. The lowest BCUT2D eigenvalue weighted by molar-refractivity contribution is -0.119. The number of carbonyl (C=O) groups excluding carboxylic acids is 2. The largest absolute Gasteiger partial charge is 0.478 e. The van der Waals surface area contributed by atoms with Crippen molar-refractivity contribution in [1.29, 1.82) is 0 Å². The number of aromatic carboxylic acids is 1. The van der Waals surface area contributed by atoms with E-state index in [1.54, 1.807) is 6.92 Å². The SMILES string of the molecule is CNC(=O)CNC(=O)Nc1ccc(C(=O)O)cc1C. The first-order chi connectivity index (χ1) is 8.93. The molecule has 0 bridgehead atoms. The Morgan fingerprint density at radius 1 is 1.26 bits per heavy atom. The molecule has 0 fully saturated rings. The molecule has 0 radical (unpaired) electrons. The van der Waals surface area contributed by atoms with E-state index in [0.717, 1.165) is 0 Å². The first kappa shape index (κ1) is 14.5. The molecule has 0 aliphatic rings. The number of likely N-dealkylation sites (N-methyl/N-ethyl adjacent to an activating group) is 1. The lowest BCUT2D eigenvalue weighted by Gasteiger charge is -2.10. The van der Waals surface area contributed by atoms with Gasteiger partial charge in [0, 0.05) is 12.7 Å². The molecule has 0 aromatic heterocycles. The molecule has 4 N–H and O–H groups in total. The Morgan fingerprint density at radius 3 is 2.47 bits per heavy atom. The Bertz CT molecular complexity index is 514. The van der Waals surface area contributed by atoms with Crippen molar-refractivity contribution in [2.24, 2.45) is 0 Å². The molecule has 102 valence electrons. The van der Waals surface area contributed by atoms with Gasteiger partial charge >= 0.3 is 12.0 Å². The third kappa shape index (κ3) is 4.30. The molecular weight excluding hydrogens is 250 g/mol. The molecule has 3 amide bonds. The number of carboxylic acid groups (broad SMARTS) is 1. The van der Waals surface area contributed by atoms with Gasteiger partial charge in [0.1, 0.15) is 0 Å². The Balaban J connectivity index is 2.64. The summed E-state index contributed by atoms with van der Waals surface area (Å²) < 4.78 is 0. The minimum Gasteiger partial charge on any atom is -0.478 e. The average molecular weight is 265 g/mol. The highest BCUT2D eigenvalue weighted by atomic mass is 16.4. The fourth-order valence-corrected chi connectivity index (χ4v) is 1.35. The number of hydrogen-bond acceptors (Lipinski definition) is 3. The topological polar surface area (TPSA) is 108 Å². The first-order valence-electron chi connectivity index (χ1n) is 5.53. The van der Waals surface area contributed by atoms with E-state index in [-0.39, 0.29) is 18.0 Å². The molecule has 7 heteroatoms. The van der Waals surface area contributed by atoms with Crippen LogP contribution in [-0.2, 0) is 4.79 Å². The van der Waals surface area contributed by atoms with Gasteiger partial charge in [-0.25, -0.2) is 9.59 Å². The molecule has 7 nitrogen and oxygen atoms in total. The minimum absolute atomic E-state index is 0.130. The maximum absolute atomic E-state index is 11.5. The van der Waals surface area contributed by atoms with Crippen LogP contribution in [0.3, 0.4) is 0 Å². The van der Waals surface area contributed by atoms with E-state index in [2.05, 4.69) is 16.0 Å². The Morgan fingerprint density at radius 2 is 1.95 bits per heavy atom. The van der Waals surface area contributed by atoms with Crippen LogP contribution in [0.25, 0.3) is 0 Å². The van der Waals surface area contributed by atoms with Crippen molar-refractivity contribution >= 4 is 23.6 Å². The maximum atomic E-state index is 11.5. The number of aryl methyl sites for hydroxylation is 1. The van der Waals surface area contributed by atoms with Gasteiger partial charge < -0.3 is 21.1 Å². The fraction of sp³-hybridized carbons (Fsp3) is 0.250.